The molecule has 2 aromatic rings. The zero-order chi connectivity index (χ0) is 14.7. The van der Waals surface area contributed by atoms with Crippen molar-refractivity contribution in [1.82, 2.24) is 5.01 Å². The van der Waals surface area contributed by atoms with Gasteiger partial charge in [0.15, 0.2) is 0 Å². The molecule has 0 saturated carbocycles. The van der Waals surface area contributed by atoms with Gasteiger partial charge in [-0.2, -0.15) is 5.10 Å². The number of hydrogen-bond donors (Lipinski definition) is 0. The van der Waals surface area contributed by atoms with Crippen LogP contribution in [0.1, 0.15) is 29.2 Å². The van der Waals surface area contributed by atoms with E-state index in [2.05, 4.69) is 83.8 Å². The van der Waals surface area contributed by atoms with Crippen LogP contribution in [0.2, 0.25) is 0 Å². The van der Waals surface area contributed by atoms with Crippen molar-refractivity contribution in [2.75, 3.05) is 7.05 Å². The maximum atomic E-state index is 4.64. The summed E-state index contributed by atoms with van der Waals surface area (Å²) in [7, 11) is 2.05. The first kappa shape index (κ1) is 13.6. The Balaban J connectivity index is 1.71. The average Bonchev–Trinajstić information content (AvgIpc) is 2.89. The van der Waals surface area contributed by atoms with E-state index in [-0.39, 0.29) is 0 Å². The summed E-state index contributed by atoms with van der Waals surface area (Å²) in [5.74, 6) is 0. The van der Waals surface area contributed by atoms with E-state index in [1.165, 1.54) is 16.7 Å². The first-order valence-corrected chi connectivity index (χ1v) is 7.32. The molecule has 0 aliphatic carbocycles. The summed E-state index contributed by atoms with van der Waals surface area (Å²) in [5, 5.41) is 6.70. The molecule has 21 heavy (non-hydrogen) atoms. The maximum Gasteiger partial charge on any atom is 0.0772 e. The fourth-order valence-electron chi connectivity index (χ4n) is 2.62. The van der Waals surface area contributed by atoms with E-state index in [1.807, 2.05) is 7.05 Å². The normalized spacial score (nSPS) is 18.3. The minimum atomic E-state index is 0.351. The van der Waals surface area contributed by atoms with Gasteiger partial charge in [-0.15, -0.1) is 0 Å². The van der Waals surface area contributed by atoms with Gasteiger partial charge in [-0.25, -0.2) is 0 Å². The summed E-state index contributed by atoms with van der Waals surface area (Å²) >= 11 is 0. The van der Waals surface area contributed by atoms with Gasteiger partial charge in [0.25, 0.3) is 0 Å². The third-order valence-electron chi connectivity index (χ3n) is 3.87. The SMILES string of the molecule is Cc1ccc(/C=C/C2=NN(C)C(c3ccccc3)C2)cc1. The highest BCUT2D eigenvalue weighted by atomic mass is 15.5. The summed E-state index contributed by atoms with van der Waals surface area (Å²) in [6, 6.07) is 19.5. The van der Waals surface area contributed by atoms with Gasteiger partial charge in [-0.3, -0.25) is 5.01 Å². The van der Waals surface area contributed by atoms with Crippen LogP contribution in [0.25, 0.3) is 6.08 Å². The van der Waals surface area contributed by atoms with Crippen molar-refractivity contribution < 1.29 is 0 Å². The number of allylic oxidation sites excluding steroid dienone is 1. The van der Waals surface area contributed by atoms with Crippen LogP contribution >= 0.6 is 0 Å². The van der Waals surface area contributed by atoms with E-state index in [4.69, 9.17) is 0 Å². The molecule has 106 valence electrons. The number of rotatable bonds is 3. The molecule has 0 N–H and O–H groups in total. The molecule has 1 heterocycles. The van der Waals surface area contributed by atoms with E-state index < -0.39 is 0 Å². The van der Waals surface area contributed by atoms with Gasteiger partial charge in [0.05, 0.1) is 11.8 Å². The van der Waals surface area contributed by atoms with Crippen LogP contribution in [-0.2, 0) is 0 Å². The lowest BCUT2D eigenvalue weighted by molar-refractivity contribution is 0.290. The van der Waals surface area contributed by atoms with Gasteiger partial charge in [0.2, 0.25) is 0 Å². The minimum Gasteiger partial charge on any atom is -0.292 e. The Kier molecular flexibility index (Phi) is 3.87. The van der Waals surface area contributed by atoms with Crippen molar-refractivity contribution in [3.63, 3.8) is 0 Å². The van der Waals surface area contributed by atoms with E-state index in [9.17, 15) is 0 Å². The molecule has 2 heteroatoms. The smallest absolute Gasteiger partial charge is 0.0772 e. The molecule has 0 aromatic heterocycles. The summed E-state index contributed by atoms with van der Waals surface area (Å²) in [4.78, 5) is 0. The molecule has 3 rings (SSSR count). The largest absolute Gasteiger partial charge is 0.292 e. The van der Waals surface area contributed by atoms with E-state index in [1.54, 1.807) is 0 Å². The monoisotopic (exact) mass is 276 g/mol. The van der Waals surface area contributed by atoms with Gasteiger partial charge < -0.3 is 0 Å². The molecule has 0 saturated heterocycles. The third-order valence-corrected chi connectivity index (χ3v) is 3.87. The van der Waals surface area contributed by atoms with Crippen LogP contribution in [0.4, 0.5) is 0 Å². The number of benzene rings is 2. The van der Waals surface area contributed by atoms with Crippen molar-refractivity contribution in [3.8, 4) is 0 Å². The number of aryl methyl sites for hydroxylation is 1. The highest BCUT2D eigenvalue weighted by molar-refractivity contribution is 5.99. The lowest BCUT2D eigenvalue weighted by Crippen LogP contribution is -2.13. The van der Waals surface area contributed by atoms with Crippen LogP contribution in [0.5, 0.6) is 0 Å². The Labute approximate surface area is 126 Å². The molecule has 1 unspecified atom stereocenters. The molecule has 1 atom stereocenters. The van der Waals surface area contributed by atoms with Crippen LogP contribution in [0.15, 0.2) is 65.8 Å². The summed E-state index contributed by atoms with van der Waals surface area (Å²) in [6.07, 6.45) is 5.23. The van der Waals surface area contributed by atoms with Gasteiger partial charge >= 0.3 is 0 Å². The standard InChI is InChI=1S/C19H20N2/c1-15-8-10-16(11-9-15)12-13-18-14-19(21(2)20-18)17-6-4-3-5-7-17/h3-13,19H,14H2,1-2H3/b13-12+. The molecule has 1 aliphatic heterocycles. The van der Waals surface area contributed by atoms with E-state index in [0.717, 1.165) is 12.1 Å². The quantitative estimate of drug-likeness (QED) is 0.809. The van der Waals surface area contributed by atoms with E-state index in [0.29, 0.717) is 6.04 Å². The molecule has 0 spiro atoms. The fraction of sp³-hybridized carbons (Fsp3) is 0.211. The number of hydrazone groups is 1. The van der Waals surface area contributed by atoms with E-state index >= 15 is 0 Å². The molecule has 0 radical (unpaired) electrons. The van der Waals surface area contributed by atoms with Crippen LogP contribution in [0.3, 0.4) is 0 Å². The van der Waals surface area contributed by atoms with Crippen molar-refractivity contribution in [2.24, 2.45) is 5.10 Å². The average molecular weight is 276 g/mol. The Morgan fingerprint density at radius 2 is 1.71 bits per heavy atom. The van der Waals surface area contributed by atoms with Gasteiger partial charge in [0.1, 0.15) is 0 Å². The van der Waals surface area contributed by atoms with Gasteiger partial charge in [0, 0.05) is 13.5 Å². The summed E-state index contributed by atoms with van der Waals surface area (Å²) < 4.78 is 0. The minimum absolute atomic E-state index is 0.351. The summed E-state index contributed by atoms with van der Waals surface area (Å²) in [5.41, 5.74) is 4.96. The van der Waals surface area contributed by atoms with Gasteiger partial charge in [-0.1, -0.05) is 66.2 Å². The highest BCUT2D eigenvalue weighted by Crippen LogP contribution is 2.29. The zero-order valence-electron chi connectivity index (χ0n) is 12.5. The first-order chi connectivity index (χ1) is 10.2. The Morgan fingerprint density at radius 1 is 1.00 bits per heavy atom. The predicted octanol–water partition coefficient (Wildman–Crippen LogP) is 4.44. The lowest BCUT2D eigenvalue weighted by atomic mass is 10.0. The van der Waals surface area contributed by atoms with Crippen LogP contribution in [0, 0.1) is 6.92 Å². The maximum absolute atomic E-state index is 4.64. The second-order valence-corrected chi connectivity index (χ2v) is 5.54. The number of nitrogens with zero attached hydrogens (tertiary/aromatic N) is 2. The fourth-order valence-corrected chi connectivity index (χ4v) is 2.62. The first-order valence-electron chi connectivity index (χ1n) is 7.32. The van der Waals surface area contributed by atoms with Gasteiger partial charge in [-0.05, 0) is 24.1 Å². The molecule has 0 fully saturated rings. The molecule has 0 bridgehead atoms. The van der Waals surface area contributed by atoms with Crippen molar-refractivity contribution in [2.45, 2.75) is 19.4 Å². The Hall–Kier alpha value is -2.35. The number of hydrogen-bond acceptors (Lipinski definition) is 2. The topological polar surface area (TPSA) is 15.6 Å². The molecular weight excluding hydrogens is 256 g/mol. The van der Waals surface area contributed by atoms with Crippen LogP contribution in [-0.4, -0.2) is 17.8 Å². The zero-order valence-corrected chi connectivity index (χ0v) is 12.5. The third kappa shape index (κ3) is 3.22. The molecule has 2 nitrogen and oxygen atoms in total. The van der Waals surface area contributed by atoms with Crippen LogP contribution < -0.4 is 0 Å². The van der Waals surface area contributed by atoms with Crippen molar-refractivity contribution >= 4 is 11.8 Å². The highest BCUT2D eigenvalue weighted by Gasteiger charge is 2.23. The second-order valence-electron chi connectivity index (χ2n) is 5.54. The molecule has 1 aliphatic rings. The molecule has 0 amide bonds. The predicted molar refractivity (Wildman–Crippen MR) is 89.2 cm³/mol. The summed E-state index contributed by atoms with van der Waals surface area (Å²) in [6.45, 7) is 2.11. The molecule has 2 aromatic carbocycles. The Bertz CT molecular complexity index is 654. The second kappa shape index (κ2) is 5.96. The Morgan fingerprint density at radius 3 is 2.43 bits per heavy atom. The van der Waals surface area contributed by atoms with Crippen molar-refractivity contribution in [3.05, 3.63) is 77.4 Å². The van der Waals surface area contributed by atoms with Crippen molar-refractivity contribution in [1.29, 1.82) is 0 Å². The lowest BCUT2D eigenvalue weighted by Gasteiger charge is -2.18. The molecular formula is C19H20N2.